The van der Waals surface area contributed by atoms with Gasteiger partial charge in [0.15, 0.2) is 5.13 Å². The summed E-state index contributed by atoms with van der Waals surface area (Å²) in [5.74, 6) is 1.33. The standard InChI is InChI=1S/C21H19N3O3S/c1-26-16-10-11-17(27-2)19-18(16)23-21(28-19)24-20(25)22-12-14-8-5-7-13-6-3-4-9-15(13)14/h3-11H,12H2,1-2H3,(H2,22,23,24,25). The van der Waals surface area contributed by atoms with Crippen molar-refractivity contribution in [2.75, 3.05) is 19.5 Å². The number of amides is 2. The van der Waals surface area contributed by atoms with Crippen LogP contribution in [0, 0.1) is 0 Å². The lowest BCUT2D eigenvalue weighted by Crippen LogP contribution is -2.28. The van der Waals surface area contributed by atoms with Gasteiger partial charge in [-0.3, -0.25) is 5.32 Å². The second-order valence-corrected chi connectivity index (χ2v) is 7.11. The van der Waals surface area contributed by atoms with Crippen molar-refractivity contribution in [1.82, 2.24) is 10.3 Å². The molecule has 1 aromatic heterocycles. The van der Waals surface area contributed by atoms with Gasteiger partial charge < -0.3 is 14.8 Å². The van der Waals surface area contributed by atoms with Crippen molar-refractivity contribution >= 4 is 43.5 Å². The number of carbonyl (C=O) groups is 1. The number of hydrogen-bond acceptors (Lipinski definition) is 5. The highest BCUT2D eigenvalue weighted by Crippen LogP contribution is 2.38. The Morgan fingerprint density at radius 2 is 1.75 bits per heavy atom. The van der Waals surface area contributed by atoms with E-state index in [0.29, 0.717) is 28.7 Å². The fourth-order valence-corrected chi connectivity index (χ4v) is 4.07. The van der Waals surface area contributed by atoms with E-state index >= 15 is 0 Å². The van der Waals surface area contributed by atoms with Crippen LogP contribution in [0.3, 0.4) is 0 Å². The van der Waals surface area contributed by atoms with E-state index in [-0.39, 0.29) is 6.03 Å². The molecule has 0 radical (unpaired) electrons. The molecular weight excluding hydrogens is 374 g/mol. The van der Waals surface area contributed by atoms with Crippen molar-refractivity contribution < 1.29 is 14.3 Å². The summed E-state index contributed by atoms with van der Waals surface area (Å²) in [6.45, 7) is 0.421. The quantitative estimate of drug-likeness (QED) is 0.511. The van der Waals surface area contributed by atoms with Gasteiger partial charge in [-0.1, -0.05) is 53.8 Å². The highest BCUT2D eigenvalue weighted by atomic mass is 32.1. The fourth-order valence-electron chi connectivity index (χ4n) is 3.10. The molecule has 28 heavy (non-hydrogen) atoms. The molecule has 0 saturated carbocycles. The minimum absolute atomic E-state index is 0.315. The number of nitrogens with one attached hydrogen (secondary N) is 2. The lowest BCUT2D eigenvalue weighted by atomic mass is 10.0. The summed E-state index contributed by atoms with van der Waals surface area (Å²) in [6, 6.07) is 17.5. The molecule has 0 spiro atoms. The van der Waals surface area contributed by atoms with Crippen LogP contribution in [0.1, 0.15) is 5.56 Å². The smallest absolute Gasteiger partial charge is 0.321 e. The Morgan fingerprint density at radius 3 is 2.57 bits per heavy atom. The maximum atomic E-state index is 12.4. The first-order chi connectivity index (χ1) is 13.7. The number of ether oxygens (including phenoxy) is 2. The van der Waals surface area contributed by atoms with E-state index in [4.69, 9.17) is 9.47 Å². The van der Waals surface area contributed by atoms with E-state index in [1.807, 2.05) is 30.3 Å². The Kier molecular flexibility index (Phi) is 4.99. The van der Waals surface area contributed by atoms with Gasteiger partial charge in [0, 0.05) is 6.54 Å². The number of nitrogens with zero attached hydrogens (tertiary/aromatic N) is 1. The molecule has 0 unspecified atom stereocenters. The van der Waals surface area contributed by atoms with Crippen molar-refractivity contribution in [2.24, 2.45) is 0 Å². The summed E-state index contributed by atoms with van der Waals surface area (Å²) >= 11 is 1.34. The number of urea groups is 1. The molecule has 1 heterocycles. The second-order valence-electron chi connectivity index (χ2n) is 6.11. The number of aromatic nitrogens is 1. The highest BCUT2D eigenvalue weighted by Gasteiger charge is 2.15. The maximum absolute atomic E-state index is 12.4. The third kappa shape index (κ3) is 3.44. The molecule has 4 aromatic rings. The summed E-state index contributed by atoms with van der Waals surface area (Å²) in [5, 5.41) is 8.44. The molecule has 4 rings (SSSR count). The number of fused-ring (bicyclic) bond motifs is 2. The van der Waals surface area contributed by atoms with Gasteiger partial charge in [0.2, 0.25) is 0 Å². The zero-order chi connectivity index (χ0) is 19.5. The molecule has 0 aliphatic heterocycles. The number of hydrogen-bond donors (Lipinski definition) is 2. The van der Waals surface area contributed by atoms with Crippen molar-refractivity contribution in [1.29, 1.82) is 0 Å². The van der Waals surface area contributed by atoms with Crippen LogP contribution in [0.4, 0.5) is 9.93 Å². The molecule has 0 atom stereocenters. The zero-order valence-electron chi connectivity index (χ0n) is 15.5. The third-order valence-electron chi connectivity index (χ3n) is 4.45. The second kappa shape index (κ2) is 7.74. The van der Waals surface area contributed by atoms with E-state index in [0.717, 1.165) is 21.0 Å². The van der Waals surface area contributed by atoms with Gasteiger partial charge in [-0.05, 0) is 28.5 Å². The molecule has 3 aromatic carbocycles. The molecule has 0 aliphatic carbocycles. The largest absolute Gasteiger partial charge is 0.495 e. The molecular formula is C21H19N3O3S. The first kappa shape index (κ1) is 18.1. The third-order valence-corrected chi connectivity index (χ3v) is 5.44. The number of anilines is 1. The number of methoxy groups -OCH3 is 2. The lowest BCUT2D eigenvalue weighted by molar-refractivity contribution is 0.252. The van der Waals surface area contributed by atoms with Crippen LogP contribution in [-0.2, 0) is 6.54 Å². The van der Waals surface area contributed by atoms with Crippen molar-refractivity contribution in [3.63, 3.8) is 0 Å². The number of rotatable bonds is 5. The minimum atomic E-state index is -0.315. The predicted molar refractivity (Wildman–Crippen MR) is 113 cm³/mol. The van der Waals surface area contributed by atoms with Gasteiger partial charge in [0.05, 0.1) is 14.2 Å². The van der Waals surface area contributed by atoms with Gasteiger partial charge in [-0.2, -0.15) is 0 Å². The summed E-state index contributed by atoms with van der Waals surface area (Å²) in [5.41, 5.74) is 1.72. The average Bonchev–Trinajstić information content (AvgIpc) is 3.15. The molecule has 2 N–H and O–H groups in total. The Bertz CT molecular complexity index is 1110. The van der Waals surface area contributed by atoms with Crippen LogP contribution in [0.2, 0.25) is 0 Å². The molecule has 0 aliphatic rings. The van der Waals surface area contributed by atoms with Crippen LogP contribution in [0.15, 0.2) is 54.6 Å². The first-order valence-corrected chi connectivity index (χ1v) is 9.54. The van der Waals surface area contributed by atoms with Crippen molar-refractivity contribution in [2.45, 2.75) is 6.54 Å². The Labute approximate surface area is 166 Å². The van der Waals surface area contributed by atoms with E-state index in [1.54, 1.807) is 20.3 Å². The average molecular weight is 393 g/mol. The maximum Gasteiger partial charge on any atom is 0.321 e. The summed E-state index contributed by atoms with van der Waals surface area (Å²) in [6.07, 6.45) is 0. The van der Waals surface area contributed by atoms with Gasteiger partial charge >= 0.3 is 6.03 Å². The topological polar surface area (TPSA) is 72.5 Å². The van der Waals surface area contributed by atoms with Gasteiger partial charge in [-0.25, -0.2) is 9.78 Å². The zero-order valence-corrected chi connectivity index (χ0v) is 16.3. The first-order valence-electron chi connectivity index (χ1n) is 8.72. The Hall–Kier alpha value is -3.32. The Balaban J connectivity index is 1.51. The highest BCUT2D eigenvalue weighted by molar-refractivity contribution is 7.22. The van der Waals surface area contributed by atoms with E-state index in [2.05, 4.69) is 33.8 Å². The van der Waals surface area contributed by atoms with E-state index < -0.39 is 0 Å². The number of benzene rings is 3. The van der Waals surface area contributed by atoms with Crippen LogP contribution < -0.4 is 20.1 Å². The predicted octanol–water partition coefficient (Wildman–Crippen LogP) is 4.79. The van der Waals surface area contributed by atoms with E-state index in [1.165, 1.54) is 11.3 Å². The number of carbonyl (C=O) groups excluding carboxylic acids is 1. The van der Waals surface area contributed by atoms with Crippen LogP contribution in [-0.4, -0.2) is 25.2 Å². The Morgan fingerprint density at radius 1 is 1.00 bits per heavy atom. The summed E-state index contributed by atoms with van der Waals surface area (Å²) in [4.78, 5) is 16.9. The van der Waals surface area contributed by atoms with Crippen LogP contribution >= 0.6 is 11.3 Å². The summed E-state index contributed by atoms with van der Waals surface area (Å²) in [7, 11) is 3.19. The van der Waals surface area contributed by atoms with E-state index in [9.17, 15) is 4.79 Å². The van der Waals surface area contributed by atoms with Crippen molar-refractivity contribution in [3.05, 3.63) is 60.2 Å². The van der Waals surface area contributed by atoms with Crippen molar-refractivity contribution in [3.8, 4) is 11.5 Å². The van der Waals surface area contributed by atoms with Crippen LogP contribution in [0.5, 0.6) is 11.5 Å². The van der Waals surface area contributed by atoms with Crippen LogP contribution in [0.25, 0.3) is 21.0 Å². The summed E-state index contributed by atoms with van der Waals surface area (Å²) < 4.78 is 11.6. The molecule has 0 fully saturated rings. The molecule has 2 amide bonds. The van der Waals surface area contributed by atoms with Gasteiger partial charge in [-0.15, -0.1) is 0 Å². The molecule has 0 saturated heterocycles. The minimum Gasteiger partial charge on any atom is -0.495 e. The molecule has 142 valence electrons. The normalized spacial score (nSPS) is 10.8. The van der Waals surface area contributed by atoms with Gasteiger partial charge in [0.25, 0.3) is 0 Å². The number of thiazole rings is 1. The molecule has 0 bridgehead atoms. The molecule has 6 nitrogen and oxygen atoms in total. The molecule has 7 heteroatoms. The SMILES string of the molecule is COc1ccc(OC)c2sc(NC(=O)NCc3cccc4ccccc34)nc12. The monoisotopic (exact) mass is 393 g/mol. The lowest BCUT2D eigenvalue weighted by Gasteiger charge is -2.08. The van der Waals surface area contributed by atoms with Gasteiger partial charge in [0.1, 0.15) is 21.7 Å². The fraction of sp³-hybridized carbons (Fsp3) is 0.143.